The van der Waals surface area contributed by atoms with Gasteiger partial charge >= 0.3 is 0 Å². The van der Waals surface area contributed by atoms with E-state index in [1.165, 1.54) is 5.56 Å². The summed E-state index contributed by atoms with van der Waals surface area (Å²) in [6.45, 7) is 4.36. The molecule has 0 saturated heterocycles. The van der Waals surface area contributed by atoms with Crippen LogP contribution in [0.15, 0.2) is 66.7 Å². The largest absolute Gasteiger partial charge is 0.492 e. The van der Waals surface area contributed by atoms with Crippen LogP contribution in [0.5, 0.6) is 5.75 Å². The highest BCUT2D eigenvalue weighted by Crippen LogP contribution is 2.31. The van der Waals surface area contributed by atoms with Crippen molar-refractivity contribution < 1.29 is 9.53 Å². The van der Waals surface area contributed by atoms with Crippen molar-refractivity contribution in [2.24, 2.45) is 0 Å². The molecule has 0 aliphatic heterocycles. The molecule has 1 atom stereocenters. The highest BCUT2D eigenvalue weighted by Gasteiger charge is 2.16. The predicted molar refractivity (Wildman–Crippen MR) is 129 cm³/mol. The maximum absolute atomic E-state index is 13.1. The van der Waals surface area contributed by atoms with Crippen LogP contribution in [-0.2, 0) is 6.42 Å². The van der Waals surface area contributed by atoms with Crippen molar-refractivity contribution in [3.63, 3.8) is 0 Å². The van der Waals surface area contributed by atoms with E-state index in [2.05, 4.69) is 61.6 Å². The number of rotatable bonds is 12. The summed E-state index contributed by atoms with van der Waals surface area (Å²) in [5, 5.41) is 5.58. The van der Waals surface area contributed by atoms with Crippen molar-refractivity contribution in [1.82, 2.24) is 10.2 Å². The third-order valence-electron chi connectivity index (χ3n) is 5.41. The number of ether oxygens (including phenoxy) is 1. The zero-order valence-electron chi connectivity index (χ0n) is 18.9. The summed E-state index contributed by atoms with van der Waals surface area (Å²) in [7, 11) is 4.11. The van der Waals surface area contributed by atoms with E-state index in [0.717, 1.165) is 35.9 Å². The molecule has 4 heteroatoms. The molecule has 0 spiro atoms. The van der Waals surface area contributed by atoms with Gasteiger partial charge in [-0.2, -0.15) is 0 Å². The topological polar surface area (TPSA) is 41.6 Å². The lowest BCUT2D eigenvalue weighted by molar-refractivity contribution is 0.0978. The number of Topliss-reactive ketones (excluding diaryl/α,β-unsaturated/α-hetero) is 1. The highest BCUT2D eigenvalue weighted by molar-refractivity contribution is 6.05. The fourth-order valence-electron chi connectivity index (χ4n) is 3.78. The molecule has 4 nitrogen and oxygen atoms in total. The number of hydrogen-bond donors (Lipinski definition) is 1. The first-order chi connectivity index (χ1) is 15.0. The first kappa shape index (κ1) is 23.0. The standard InChI is InChI=1S/C27H34N2O2/c1-21(20-22-10-5-4-6-11-22)28-17-16-26(30)25-15-14-23-12-7-8-13-24(23)27(25)31-19-9-18-29(2)3/h4-8,10-15,21,28H,9,16-20H2,1-3H3. The number of nitrogens with one attached hydrogen (secondary N) is 1. The average Bonchev–Trinajstić information content (AvgIpc) is 2.77. The zero-order valence-corrected chi connectivity index (χ0v) is 18.9. The van der Waals surface area contributed by atoms with Gasteiger partial charge in [-0.1, -0.05) is 60.7 Å². The summed E-state index contributed by atoms with van der Waals surface area (Å²) in [5.74, 6) is 0.840. The zero-order chi connectivity index (χ0) is 22.1. The fraction of sp³-hybridized carbons (Fsp3) is 0.370. The van der Waals surface area contributed by atoms with Crippen molar-refractivity contribution in [2.75, 3.05) is 33.8 Å². The number of hydrogen-bond acceptors (Lipinski definition) is 4. The lowest BCUT2D eigenvalue weighted by Crippen LogP contribution is -2.30. The van der Waals surface area contributed by atoms with E-state index < -0.39 is 0 Å². The van der Waals surface area contributed by atoms with E-state index in [9.17, 15) is 4.79 Å². The maximum atomic E-state index is 13.1. The molecule has 1 unspecified atom stereocenters. The fourth-order valence-corrected chi connectivity index (χ4v) is 3.78. The molecule has 0 saturated carbocycles. The second kappa shape index (κ2) is 11.6. The molecule has 0 bridgehead atoms. The monoisotopic (exact) mass is 418 g/mol. The minimum absolute atomic E-state index is 0.118. The Balaban J connectivity index is 1.63. The van der Waals surface area contributed by atoms with E-state index in [1.54, 1.807) is 0 Å². The second-order valence-corrected chi connectivity index (χ2v) is 8.39. The predicted octanol–water partition coefficient (Wildman–Crippen LogP) is 4.96. The molecule has 0 heterocycles. The van der Waals surface area contributed by atoms with Crippen LogP contribution in [0.25, 0.3) is 10.8 Å². The second-order valence-electron chi connectivity index (χ2n) is 8.39. The van der Waals surface area contributed by atoms with Crippen LogP contribution in [0.2, 0.25) is 0 Å². The van der Waals surface area contributed by atoms with E-state index >= 15 is 0 Å². The molecular formula is C27H34N2O2. The Kier molecular flexibility index (Phi) is 8.63. The van der Waals surface area contributed by atoms with Gasteiger partial charge in [0.15, 0.2) is 5.78 Å². The molecule has 164 valence electrons. The van der Waals surface area contributed by atoms with Crippen molar-refractivity contribution in [3.05, 3.63) is 77.9 Å². The lowest BCUT2D eigenvalue weighted by Gasteiger charge is -2.16. The molecule has 0 aliphatic carbocycles. The van der Waals surface area contributed by atoms with E-state index in [4.69, 9.17) is 4.74 Å². The van der Waals surface area contributed by atoms with Gasteiger partial charge in [-0.05, 0) is 50.9 Å². The molecule has 0 radical (unpaired) electrons. The minimum atomic E-state index is 0.118. The number of fused-ring (bicyclic) bond motifs is 1. The Labute approximate surface area is 186 Å². The molecule has 3 aromatic rings. The Morgan fingerprint density at radius 3 is 2.52 bits per heavy atom. The molecule has 0 fully saturated rings. The normalized spacial score (nSPS) is 12.3. The van der Waals surface area contributed by atoms with E-state index in [0.29, 0.717) is 31.2 Å². The first-order valence-electron chi connectivity index (χ1n) is 11.1. The number of benzene rings is 3. The summed E-state index contributed by atoms with van der Waals surface area (Å²) in [5.41, 5.74) is 1.98. The molecule has 0 amide bonds. The quantitative estimate of drug-likeness (QED) is 0.333. The highest BCUT2D eigenvalue weighted by atomic mass is 16.5. The number of nitrogens with zero attached hydrogens (tertiary/aromatic N) is 1. The molecule has 0 aliphatic rings. The minimum Gasteiger partial charge on any atom is -0.492 e. The van der Waals surface area contributed by atoms with E-state index in [-0.39, 0.29) is 5.78 Å². The summed E-state index contributed by atoms with van der Waals surface area (Å²) in [6.07, 6.45) is 2.32. The van der Waals surface area contributed by atoms with Gasteiger partial charge in [0, 0.05) is 30.9 Å². The van der Waals surface area contributed by atoms with Gasteiger partial charge in [0.1, 0.15) is 5.75 Å². The maximum Gasteiger partial charge on any atom is 0.167 e. The van der Waals surface area contributed by atoms with Crippen LogP contribution in [0, 0.1) is 0 Å². The average molecular weight is 419 g/mol. The van der Waals surface area contributed by atoms with Gasteiger partial charge < -0.3 is 15.0 Å². The van der Waals surface area contributed by atoms with Gasteiger partial charge in [-0.3, -0.25) is 4.79 Å². The third kappa shape index (κ3) is 6.91. The summed E-state index contributed by atoms with van der Waals surface area (Å²) < 4.78 is 6.16. The number of carbonyl (C=O) groups is 1. The van der Waals surface area contributed by atoms with Gasteiger partial charge in [-0.25, -0.2) is 0 Å². The van der Waals surface area contributed by atoms with Crippen LogP contribution in [-0.4, -0.2) is 50.5 Å². The smallest absolute Gasteiger partial charge is 0.167 e. The molecule has 3 aromatic carbocycles. The SMILES string of the molecule is CC(Cc1ccccc1)NCCC(=O)c1ccc2ccccc2c1OCCCN(C)C. The molecule has 3 rings (SSSR count). The van der Waals surface area contributed by atoms with Gasteiger partial charge in [0.25, 0.3) is 0 Å². The first-order valence-corrected chi connectivity index (χ1v) is 11.1. The number of carbonyl (C=O) groups excluding carboxylic acids is 1. The van der Waals surface area contributed by atoms with Crippen molar-refractivity contribution in [2.45, 2.75) is 32.2 Å². The lowest BCUT2D eigenvalue weighted by atomic mass is 10.0. The number of ketones is 1. The summed E-state index contributed by atoms with van der Waals surface area (Å²) in [4.78, 5) is 15.2. The van der Waals surface area contributed by atoms with Crippen LogP contribution < -0.4 is 10.1 Å². The van der Waals surface area contributed by atoms with Crippen LogP contribution in [0.1, 0.15) is 35.7 Å². The summed E-state index contributed by atoms with van der Waals surface area (Å²) in [6, 6.07) is 22.8. The molecule has 1 N–H and O–H groups in total. The van der Waals surface area contributed by atoms with Crippen molar-refractivity contribution in [1.29, 1.82) is 0 Å². The molecule has 0 aromatic heterocycles. The molecular weight excluding hydrogens is 384 g/mol. The van der Waals surface area contributed by atoms with Crippen molar-refractivity contribution in [3.8, 4) is 5.75 Å². The summed E-state index contributed by atoms with van der Waals surface area (Å²) >= 11 is 0. The van der Waals surface area contributed by atoms with Crippen LogP contribution in [0.4, 0.5) is 0 Å². The van der Waals surface area contributed by atoms with Gasteiger partial charge in [0.2, 0.25) is 0 Å². The van der Waals surface area contributed by atoms with Crippen LogP contribution in [0.3, 0.4) is 0 Å². The Morgan fingerprint density at radius 1 is 1.00 bits per heavy atom. The Hall–Kier alpha value is -2.69. The third-order valence-corrected chi connectivity index (χ3v) is 5.41. The van der Waals surface area contributed by atoms with E-state index in [1.807, 2.05) is 36.4 Å². The Bertz CT molecular complexity index is 969. The Morgan fingerprint density at radius 2 is 1.74 bits per heavy atom. The van der Waals surface area contributed by atoms with Gasteiger partial charge in [0.05, 0.1) is 12.2 Å². The van der Waals surface area contributed by atoms with Gasteiger partial charge in [-0.15, -0.1) is 0 Å². The van der Waals surface area contributed by atoms with Crippen LogP contribution >= 0.6 is 0 Å². The van der Waals surface area contributed by atoms with Crippen molar-refractivity contribution >= 4 is 16.6 Å². The molecule has 31 heavy (non-hydrogen) atoms.